The zero-order valence-corrected chi connectivity index (χ0v) is 11.7. The van der Waals surface area contributed by atoms with E-state index in [1.165, 1.54) is 12.7 Å². The molecule has 1 aromatic rings. The van der Waals surface area contributed by atoms with Gasteiger partial charge < -0.3 is 9.84 Å². The molecule has 1 aromatic carbocycles. The predicted octanol–water partition coefficient (Wildman–Crippen LogP) is 2.99. The molecule has 0 heterocycles. The van der Waals surface area contributed by atoms with E-state index < -0.39 is 0 Å². The number of esters is 1. The summed E-state index contributed by atoms with van der Waals surface area (Å²) in [7, 11) is 2.45. The first kappa shape index (κ1) is 16.6. The van der Waals surface area contributed by atoms with E-state index in [0.29, 0.717) is 5.92 Å². The minimum absolute atomic E-state index is 0.0323. The molecule has 1 rings (SSSR count). The summed E-state index contributed by atoms with van der Waals surface area (Å²) in [5.41, 5.74) is 1.31. The minimum atomic E-state index is -0.116. The van der Waals surface area contributed by atoms with Gasteiger partial charge in [0.1, 0.15) is 0 Å². The predicted molar refractivity (Wildman–Crippen MR) is 73.4 cm³/mol. The van der Waals surface area contributed by atoms with Gasteiger partial charge in [-0.3, -0.25) is 4.79 Å². The summed E-state index contributed by atoms with van der Waals surface area (Å²) in [6.45, 7) is 4.08. The number of aliphatic hydroxyl groups is 1. The van der Waals surface area contributed by atoms with Gasteiger partial charge in [-0.1, -0.05) is 44.2 Å². The van der Waals surface area contributed by atoms with Gasteiger partial charge in [-0.2, -0.15) is 0 Å². The van der Waals surface area contributed by atoms with Crippen LogP contribution in [0, 0.1) is 5.92 Å². The van der Waals surface area contributed by atoms with Crippen LogP contribution in [0.2, 0.25) is 0 Å². The average molecular weight is 252 g/mol. The first-order chi connectivity index (χ1) is 8.69. The Morgan fingerprint density at radius 2 is 1.83 bits per heavy atom. The largest absolute Gasteiger partial charge is 0.469 e. The van der Waals surface area contributed by atoms with Crippen LogP contribution in [0.15, 0.2) is 30.3 Å². The molecule has 0 saturated carbocycles. The number of methoxy groups -OCH3 is 1. The molecule has 2 unspecified atom stereocenters. The maximum absolute atomic E-state index is 11.4. The molecule has 0 saturated heterocycles. The van der Waals surface area contributed by atoms with E-state index in [2.05, 4.69) is 19.1 Å². The zero-order valence-electron chi connectivity index (χ0n) is 11.7. The Hall–Kier alpha value is -1.35. The van der Waals surface area contributed by atoms with Crippen LogP contribution in [0.25, 0.3) is 0 Å². The van der Waals surface area contributed by atoms with E-state index in [4.69, 9.17) is 9.84 Å². The summed E-state index contributed by atoms with van der Waals surface area (Å²) in [6, 6.07) is 10.3. The number of rotatable bonds is 5. The van der Waals surface area contributed by atoms with E-state index in [1.54, 1.807) is 0 Å². The molecule has 0 bridgehead atoms. The van der Waals surface area contributed by atoms with Gasteiger partial charge in [0.05, 0.1) is 13.0 Å². The normalized spacial score (nSPS) is 12.9. The third-order valence-corrected chi connectivity index (χ3v) is 3.01. The Morgan fingerprint density at radius 1 is 1.28 bits per heavy atom. The average Bonchev–Trinajstić information content (AvgIpc) is 2.46. The fraction of sp³-hybridized carbons (Fsp3) is 0.533. The summed E-state index contributed by atoms with van der Waals surface area (Å²) in [4.78, 5) is 11.4. The second-order valence-corrected chi connectivity index (χ2v) is 4.18. The highest BCUT2D eigenvalue weighted by molar-refractivity contribution is 5.71. The highest BCUT2D eigenvalue weighted by Gasteiger charge is 2.19. The second kappa shape index (κ2) is 9.66. The maximum Gasteiger partial charge on any atom is 0.308 e. The molecule has 2 atom stereocenters. The quantitative estimate of drug-likeness (QED) is 0.819. The van der Waals surface area contributed by atoms with E-state index in [-0.39, 0.29) is 11.9 Å². The molecule has 0 aliphatic rings. The molecule has 0 spiro atoms. The first-order valence-corrected chi connectivity index (χ1v) is 6.26. The monoisotopic (exact) mass is 252 g/mol. The van der Waals surface area contributed by atoms with E-state index in [0.717, 1.165) is 20.0 Å². The molecule has 0 radical (unpaired) electrons. The van der Waals surface area contributed by atoms with Crippen LogP contribution in [0.4, 0.5) is 0 Å². The number of hydrogen-bond donors (Lipinski definition) is 1. The van der Waals surface area contributed by atoms with Gasteiger partial charge in [0.2, 0.25) is 0 Å². The number of aliphatic hydroxyl groups excluding tert-OH is 1. The SMILES string of the molecule is CCC(CC(C)C(=O)OC)c1ccccc1.CO. The molecule has 0 amide bonds. The Morgan fingerprint density at radius 3 is 2.28 bits per heavy atom. The fourth-order valence-corrected chi connectivity index (χ4v) is 1.99. The van der Waals surface area contributed by atoms with E-state index in [1.807, 2.05) is 25.1 Å². The van der Waals surface area contributed by atoms with Crippen molar-refractivity contribution in [1.82, 2.24) is 0 Å². The van der Waals surface area contributed by atoms with Crippen molar-refractivity contribution >= 4 is 5.97 Å². The topological polar surface area (TPSA) is 46.5 Å². The zero-order chi connectivity index (χ0) is 14.0. The van der Waals surface area contributed by atoms with Crippen molar-refractivity contribution in [2.24, 2.45) is 5.92 Å². The molecular formula is C15H24O3. The van der Waals surface area contributed by atoms with Crippen LogP contribution < -0.4 is 0 Å². The Bertz CT molecular complexity index is 322. The molecule has 102 valence electrons. The molecule has 3 heteroatoms. The van der Waals surface area contributed by atoms with Crippen molar-refractivity contribution in [3.63, 3.8) is 0 Å². The highest BCUT2D eigenvalue weighted by atomic mass is 16.5. The summed E-state index contributed by atoms with van der Waals surface area (Å²) in [6.07, 6.45) is 1.90. The molecule has 0 aliphatic carbocycles. The number of ether oxygens (including phenoxy) is 1. The maximum atomic E-state index is 11.4. The minimum Gasteiger partial charge on any atom is -0.469 e. The van der Waals surface area contributed by atoms with Gasteiger partial charge in [0.15, 0.2) is 0 Å². The third-order valence-electron chi connectivity index (χ3n) is 3.01. The lowest BCUT2D eigenvalue weighted by Crippen LogP contribution is -2.15. The van der Waals surface area contributed by atoms with Crippen molar-refractivity contribution in [2.45, 2.75) is 32.6 Å². The summed E-state index contributed by atoms with van der Waals surface area (Å²) in [5.74, 6) is 0.292. The Balaban J connectivity index is 0.00000137. The second-order valence-electron chi connectivity index (χ2n) is 4.18. The first-order valence-electron chi connectivity index (χ1n) is 6.26. The number of carbonyl (C=O) groups excluding carboxylic acids is 1. The van der Waals surface area contributed by atoms with Crippen molar-refractivity contribution in [3.8, 4) is 0 Å². The summed E-state index contributed by atoms with van der Waals surface area (Å²) in [5, 5.41) is 7.00. The van der Waals surface area contributed by atoms with Crippen LogP contribution in [0.3, 0.4) is 0 Å². The molecule has 3 nitrogen and oxygen atoms in total. The van der Waals surface area contributed by atoms with Gasteiger partial charge in [-0.15, -0.1) is 0 Å². The van der Waals surface area contributed by atoms with Crippen LogP contribution in [0.5, 0.6) is 0 Å². The Kier molecular flexibility index (Phi) is 8.93. The van der Waals surface area contributed by atoms with Crippen molar-refractivity contribution in [2.75, 3.05) is 14.2 Å². The summed E-state index contributed by atoms with van der Waals surface area (Å²) < 4.78 is 4.75. The lowest BCUT2D eigenvalue weighted by molar-refractivity contribution is -0.145. The van der Waals surface area contributed by atoms with Gasteiger partial charge in [-0.25, -0.2) is 0 Å². The smallest absolute Gasteiger partial charge is 0.308 e. The number of hydrogen-bond acceptors (Lipinski definition) is 3. The van der Waals surface area contributed by atoms with Crippen molar-refractivity contribution in [1.29, 1.82) is 0 Å². The van der Waals surface area contributed by atoms with Gasteiger partial charge in [0, 0.05) is 7.11 Å². The standard InChI is InChI=1S/C14H20O2.CH4O/c1-4-12(10-11(2)14(15)16-3)13-8-6-5-7-9-13;1-2/h5-9,11-12H,4,10H2,1-3H3;2H,1H3. The lowest BCUT2D eigenvalue weighted by atomic mass is 9.88. The molecular weight excluding hydrogens is 228 g/mol. The molecule has 0 fully saturated rings. The third kappa shape index (κ3) is 5.32. The fourth-order valence-electron chi connectivity index (χ4n) is 1.99. The van der Waals surface area contributed by atoms with Crippen LogP contribution in [-0.2, 0) is 9.53 Å². The molecule has 0 aliphatic heterocycles. The van der Waals surface area contributed by atoms with Gasteiger partial charge in [0.25, 0.3) is 0 Å². The van der Waals surface area contributed by atoms with Crippen LogP contribution >= 0.6 is 0 Å². The molecule has 0 aromatic heterocycles. The lowest BCUT2D eigenvalue weighted by Gasteiger charge is -2.18. The molecule has 1 N–H and O–H groups in total. The van der Waals surface area contributed by atoms with E-state index in [9.17, 15) is 4.79 Å². The highest BCUT2D eigenvalue weighted by Crippen LogP contribution is 2.27. The van der Waals surface area contributed by atoms with Crippen molar-refractivity contribution in [3.05, 3.63) is 35.9 Å². The number of benzene rings is 1. The van der Waals surface area contributed by atoms with Gasteiger partial charge in [-0.05, 0) is 24.3 Å². The van der Waals surface area contributed by atoms with Crippen molar-refractivity contribution < 1.29 is 14.6 Å². The van der Waals surface area contributed by atoms with Gasteiger partial charge >= 0.3 is 5.97 Å². The molecule has 18 heavy (non-hydrogen) atoms. The van der Waals surface area contributed by atoms with Crippen LogP contribution in [-0.4, -0.2) is 25.3 Å². The summed E-state index contributed by atoms with van der Waals surface area (Å²) >= 11 is 0. The number of carbonyl (C=O) groups is 1. The Labute approximate surface area is 110 Å². The van der Waals surface area contributed by atoms with Crippen LogP contribution in [0.1, 0.15) is 38.2 Å². The van der Waals surface area contributed by atoms with E-state index >= 15 is 0 Å².